The van der Waals surface area contributed by atoms with Gasteiger partial charge < -0.3 is 53.9 Å². The number of imidazole rings is 1. The maximum atomic E-state index is 8.55. The third-order valence-electron chi connectivity index (χ3n) is 1.86. The number of anilines is 1. The van der Waals surface area contributed by atoms with Gasteiger partial charge in [-0.2, -0.15) is 15.6 Å². The summed E-state index contributed by atoms with van der Waals surface area (Å²) in [6.07, 6.45) is 3.06. The molecule has 2 rings (SSSR count). The number of nitrogen functional groups attached to an aromatic ring is 1. The van der Waals surface area contributed by atoms with Crippen LogP contribution in [0, 0.1) is 0 Å². The molecule has 0 aromatic carbocycles. The molecule has 19 heteroatoms. The fourth-order valence-corrected chi connectivity index (χ4v) is 1.18. The van der Waals surface area contributed by atoms with Gasteiger partial charge >= 0.3 is 8.69 Å². The summed E-state index contributed by atoms with van der Waals surface area (Å²) < 4.78 is 32.6. The normalized spacial score (nSPS) is 10.8. The lowest BCUT2D eigenvalue weighted by molar-refractivity contribution is -0.434. The minimum absolute atomic E-state index is 0.394. The average molecular weight is 447 g/mol. The van der Waals surface area contributed by atoms with E-state index in [4.69, 9.17) is 58.4 Å². The molecule has 2 heterocycles. The van der Waals surface area contributed by atoms with Crippen LogP contribution in [-0.2, 0) is 25.2 Å². The van der Waals surface area contributed by atoms with Crippen LogP contribution in [0.4, 0.5) is 5.82 Å². The molecule has 0 radical (unpaired) electrons. The van der Waals surface area contributed by atoms with Crippen LogP contribution < -0.4 is 35.1 Å². The van der Waals surface area contributed by atoms with E-state index in [0.717, 1.165) is 0 Å². The number of hydrogen-bond acceptors (Lipinski definition) is 14. The van der Waals surface area contributed by atoms with Gasteiger partial charge in [0.1, 0.15) is 18.6 Å². The Morgan fingerprint density at radius 3 is 2.00 bits per heavy atom. The van der Waals surface area contributed by atoms with Gasteiger partial charge in [0.05, 0.1) is 6.33 Å². The van der Waals surface area contributed by atoms with E-state index < -0.39 is 24.3 Å². The summed E-state index contributed by atoms with van der Waals surface area (Å²) in [6.45, 7) is 3.02. The predicted octanol–water partition coefficient (Wildman–Crippen LogP) is -5.06. The topological polar surface area (TPSA) is 289 Å². The maximum absolute atomic E-state index is 8.55. The molecule has 3 N–H and O–H groups in total. The van der Waals surface area contributed by atoms with Crippen molar-refractivity contribution in [1.29, 1.82) is 0 Å². The molecule has 0 unspecified atom stereocenters. The van der Waals surface area contributed by atoms with Crippen molar-refractivity contribution in [3.8, 4) is 0 Å². The van der Waals surface area contributed by atoms with Crippen molar-refractivity contribution < 1.29 is 52.7 Å². The Kier molecular flexibility index (Phi) is 14.1. The van der Waals surface area contributed by atoms with E-state index >= 15 is 0 Å². The number of fused-ring (bicyclic) bond motifs is 1. The van der Waals surface area contributed by atoms with Gasteiger partial charge in [-0.3, -0.25) is 4.57 Å². The molecule has 0 saturated heterocycles. The summed E-state index contributed by atoms with van der Waals surface area (Å²) in [5.74, 6) is 0.394. The van der Waals surface area contributed by atoms with Crippen molar-refractivity contribution in [2.45, 2.75) is 13.7 Å². The molecule has 0 aliphatic rings. The van der Waals surface area contributed by atoms with E-state index in [1.807, 2.05) is 6.92 Å². The Hall–Kier alpha value is -1.41. The van der Waals surface area contributed by atoms with Gasteiger partial charge in [0.25, 0.3) is 0 Å². The zero-order valence-corrected chi connectivity index (χ0v) is 16.0. The standard InChI is InChI=1S/C8H11N5O.2H3O4P.HO2P/c1-2-14-5-13-4-12-6-7(9)10-3-11-8(6)13;2*1-5(2,3)4;1-3-2/h3-4H,2,5H2,1H3,(H2,9,10,11);2*(H3,1,2,3,4);(H,1,2)/p-6. The number of aromatic nitrogens is 4. The molecule has 16 nitrogen and oxygen atoms in total. The molecular formula is C8H12N5O11P3-6. The van der Waals surface area contributed by atoms with Crippen molar-refractivity contribution >= 4 is 41.3 Å². The third-order valence-corrected chi connectivity index (χ3v) is 1.86. The summed E-state index contributed by atoms with van der Waals surface area (Å²) in [6, 6.07) is 0. The van der Waals surface area contributed by atoms with Gasteiger partial charge in [-0.05, 0) is 6.92 Å². The number of hydrogen-bond donors (Lipinski definition) is 2. The van der Waals surface area contributed by atoms with Gasteiger partial charge in [-0.1, -0.05) is 0 Å². The Morgan fingerprint density at radius 1 is 1.15 bits per heavy atom. The first-order valence-electron chi connectivity index (χ1n) is 6.16. The minimum atomic E-state index is -5.39. The summed E-state index contributed by atoms with van der Waals surface area (Å²) in [7, 11) is -11.6. The van der Waals surface area contributed by atoms with Crippen LogP contribution in [-0.4, -0.2) is 31.0 Å². The Labute approximate surface area is 153 Å². The zero-order valence-electron chi connectivity index (χ0n) is 13.3. The Balaban J connectivity index is 0. The highest BCUT2D eigenvalue weighted by molar-refractivity contribution is 7.40. The highest BCUT2D eigenvalue weighted by Crippen LogP contribution is 2.13. The molecule has 0 atom stereocenters. The van der Waals surface area contributed by atoms with Crippen LogP contribution in [0.5, 0.6) is 0 Å². The van der Waals surface area contributed by atoms with Gasteiger partial charge in [-0.15, -0.1) is 0 Å². The van der Waals surface area contributed by atoms with E-state index in [9.17, 15) is 0 Å². The first-order chi connectivity index (χ1) is 12.2. The largest absolute Gasteiger partial charge is 0.822 e. The average Bonchev–Trinajstić information content (AvgIpc) is 2.87. The SMILES string of the molecule is CCOCn1cnc2c(N)ncnc21.O=P([O-])([O-])[O-].O=P([O-])([O-])[O-].O=PO. The zero-order chi connectivity index (χ0) is 21.7. The molecule has 0 aliphatic carbocycles. The Bertz CT molecular complexity index is 738. The van der Waals surface area contributed by atoms with Gasteiger partial charge in [0.2, 0.25) is 0 Å². The molecule has 0 fully saturated rings. The smallest absolute Gasteiger partial charge is 0.324 e. The molecular weight excluding hydrogens is 435 g/mol. The van der Waals surface area contributed by atoms with Crippen molar-refractivity contribution in [1.82, 2.24) is 19.5 Å². The lowest BCUT2D eigenvalue weighted by Gasteiger charge is -2.36. The van der Waals surface area contributed by atoms with Gasteiger partial charge in [0.15, 0.2) is 11.5 Å². The monoisotopic (exact) mass is 447 g/mol. The van der Waals surface area contributed by atoms with Crippen molar-refractivity contribution in [2.75, 3.05) is 12.3 Å². The quantitative estimate of drug-likeness (QED) is 0.416. The van der Waals surface area contributed by atoms with Gasteiger partial charge in [0, 0.05) is 6.61 Å². The van der Waals surface area contributed by atoms with Crippen molar-refractivity contribution in [3.05, 3.63) is 12.7 Å². The van der Waals surface area contributed by atoms with Gasteiger partial charge in [-0.25, -0.2) is 19.5 Å². The predicted molar refractivity (Wildman–Crippen MR) is 76.4 cm³/mol. The van der Waals surface area contributed by atoms with E-state index in [0.29, 0.717) is 30.3 Å². The van der Waals surface area contributed by atoms with E-state index in [1.54, 1.807) is 10.9 Å². The summed E-state index contributed by atoms with van der Waals surface area (Å²) in [5, 5.41) is 0. The minimum Gasteiger partial charge on any atom is -0.822 e. The van der Waals surface area contributed by atoms with Crippen molar-refractivity contribution in [2.24, 2.45) is 0 Å². The fraction of sp³-hybridized carbons (Fsp3) is 0.375. The molecule has 2 aromatic rings. The fourth-order valence-electron chi connectivity index (χ4n) is 1.18. The van der Waals surface area contributed by atoms with Crippen LogP contribution >= 0.6 is 24.3 Å². The molecule has 0 aliphatic heterocycles. The molecule has 0 saturated carbocycles. The molecule has 0 spiro atoms. The number of rotatable bonds is 3. The van der Waals surface area contributed by atoms with Crippen LogP contribution in [0.3, 0.4) is 0 Å². The lowest BCUT2D eigenvalue weighted by atomic mass is 10.5. The third kappa shape index (κ3) is 19.2. The highest BCUT2D eigenvalue weighted by atomic mass is 31.2. The first kappa shape index (κ1) is 27.8. The molecule has 0 bridgehead atoms. The number of ether oxygens (including phenoxy) is 1. The summed E-state index contributed by atoms with van der Waals surface area (Å²) in [4.78, 5) is 70.3. The molecule has 0 amide bonds. The summed E-state index contributed by atoms with van der Waals surface area (Å²) in [5.41, 5.74) is 6.95. The number of nitrogens with two attached hydrogens (primary N) is 1. The van der Waals surface area contributed by atoms with Crippen LogP contribution in [0.2, 0.25) is 0 Å². The molecule has 156 valence electrons. The molecule has 27 heavy (non-hydrogen) atoms. The van der Waals surface area contributed by atoms with Crippen LogP contribution in [0.1, 0.15) is 6.92 Å². The number of phosphoric acid groups is 2. The second kappa shape index (κ2) is 13.7. The molecule has 2 aromatic heterocycles. The Morgan fingerprint density at radius 2 is 1.59 bits per heavy atom. The highest BCUT2D eigenvalue weighted by Gasteiger charge is 2.06. The van der Waals surface area contributed by atoms with E-state index in [1.165, 1.54) is 6.33 Å². The van der Waals surface area contributed by atoms with E-state index in [2.05, 4.69) is 15.0 Å². The second-order valence-corrected chi connectivity index (χ2v) is 5.70. The van der Waals surface area contributed by atoms with E-state index in [-0.39, 0.29) is 0 Å². The first-order valence-corrected chi connectivity index (χ1v) is 9.85. The van der Waals surface area contributed by atoms with Crippen LogP contribution in [0.15, 0.2) is 12.7 Å². The van der Waals surface area contributed by atoms with Crippen LogP contribution in [0.25, 0.3) is 11.2 Å². The maximum Gasteiger partial charge on any atom is 0.324 e. The second-order valence-electron chi connectivity index (χ2n) is 3.74. The summed E-state index contributed by atoms with van der Waals surface area (Å²) >= 11 is 0. The lowest BCUT2D eigenvalue weighted by Crippen LogP contribution is -2.24. The number of nitrogens with zero attached hydrogens (tertiary/aromatic N) is 4. The van der Waals surface area contributed by atoms with Crippen molar-refractivity contribution in [3.63, 3.8) is 0 Å².